The highest BCUT2D eigenvalue weighted by Gasteiger charge is 2.31. The summed E-state index contributed by atoms with van der Waals surface area (Å²) in [6.45, 7) is 3.69. The van der Waals surface area contributed by atoms with Gasteiger partial charge < -0.3 is 9.84 Å². The van der Waals surface area contributed by atoms with Crippen LogP contribution in [0.3, 0.4) is 0 Å². The van der Waals surface area contributed by atoms with E-state index < -0.39 is 5.60 Å². The van der Waals surface area contributed by atoms with Gasteiger partial charge in [-0.15, -0.1) is 0 Å². The fraction of sp³-hybridized carbons (Fsp3) is 0.286. The second kappa shape index (κ2) is 4.74. The number of methoxy groups -OCH3 is 1. The highest BCUT2D eigenvalue weighted by atomic mass is 16.5. The maximum atomic E-state index is 10.7. The highest BCUT2D eigenvalue weighted by Crippen LogP contribution is 2.32. The molecule has 2 rings (SSSR count). The highest BCUT2D eigenvalue weighted by molar-refractivity contribution is 5.37. The number of nitrogens with zero attached hydrogens (tertiary/aromatic N) is 2. The Labute approximate surface area is 106 Å². The van der Waals surface area contributed by atoms with Gasteiger partial charge in [0.1, 0.15) is 11.3 Å². The number of benzene rings is 1. The number of rotatable bonds is 3. The number of aliphatic hydroxyl groups is 1. The van der Waals surface area contributed by atoms with Gasteiger partial charge in [0.05, 0.1) is 7.11 Å². The molecule has 0 aliphatic carbocycles. The number of ether oxygens (including phenoxy) is 1. The van der Waals surface area contributed by atoms with Gasteiger partial charge in [-0.3, -0.25) is 4.98 Å². The predicted molar refractivity (Wildman–Crippen MR) is 68.4 cm³/mol. The van der Waals surface area contributed by atoms with Crippen molar-refractivity contribution in [3.05, 3.63) is 53.5 Å². The third kappa shape index (κ3) is 2.19. The Balaban J connectivity index is 2.50. The van der Waals surface area contributed by atoms with Gasteiger partial charge in [0.25, 0.3) is 0 Å². The Kier molecular flexibility index (Phi) is 3.30. The van der Waals surface area contributed by atoms with Crippen molar-refractivity contribution < 1.29 is 9.84 Å². The molecule has 0 aliphatic heterocycles. The average Bonchev–Trinajstić information content (AvgIpc) is 2.39. The van der Waals surface area contributed by atoms with Crippen LogP contribution in [0.15, 0.2) is 36.7 Å². The van der Waals surface area contributed by atoms with Crippen LogP contribution in [0.5, 0.6) is 5.88 Å². The third-order valence-electron chi connectivity index (χ3n) is 2.93. The zero-order valence-electron chi connectivity index (χ0n) is 10.7. The minimum Gasteiger partial charge on any atom is -0.480 e. The molecule has 1 heterocycles. The summed E-state index contributed by atoms with van der Waals surface area (Å²) in [5.41, 5.74) is 1.08. The lowest BCUT2D eigenvalue weighted by atomic mass is 9.92. The molecule has 0 radical (unpaired) electrons. The maximum Gasteiger partial charge on any atom is 0.238 e. The third-order valence-corrected chi connectivity index (χ3v) is 2.93. The van der Waals surface area contributed by atoms with Crippen LogP contribution in [0.4, 0.5) is 0 Å². The van der Waals surface area contributed by atoms with Crippen LogP contribution in [0.1, 0.15) is 23.7 Å². The van der Waals surface area contributed by atoms with Gasteiger partial charge >= 0.3 is 0 Å². The number of hydrogen-bond donors (Lipinski definition) is 1. The lowest BCUT2D eigenvalue weighted by Gasteiger charge is -2.24. The number of aromatic nitrogens is 2. The van der Waals surface area contributed by atoms with Crippen molar-refractivity contribution in [1.29, 1.82) is 0 Å². The standard InChI is InChI=1S/C14H16N2O2/c1-10-4-6-11(7-5-10)14(2,17)12-13(18-3)16-9-8-15-12/h4-9,17H,1-3H3. The minimum atomic E-state index is -1.23. The molecule has 0 amide bonds. The van der Waals surface area contributed by atoms with Gasteiger partial charge in [0.2, 0.25) is 5.88 Å². The second-order valence-electron chi connectivity index (χ2n) is 4.35. The first kappa shape index (κ1) is 12.5. The molecule has 1 aromatic carbocycles. The molecule has 1 unspecified atom stereocenters. The summed E-state index contributed by atoms with van der Waals surface area (Å²) in [6.07, 6.45) is 3.08. The molecule has 0 saturated heterocycles. The van der Waals surface area contributed by atoms with Gasteiger partial charge in [-0.1, -0.05) is 29.8 Å². The van der Waals surface area contributed by atoms with E-state index in [1.165, 1.54) is 13.3 Å². The summed E-state index contributed by atoms with van der Waals surface area (Å²) in [4.78, 5) is 8.24. The SMILES string of the molecule is COc1nccnc1C(C)(O)c1ccc(C)cc1. The van der Waals surface area contributed by atoms with Gasteiger partial charge in [0.15, 0.2) is 0 Å². The van der Waals surface area contributed by atoms with Gasteiger partial charge in [-0.2, -0.15) is 0 Å². The molecule has 2 aromatic rings. The molecule has 0 fully saturated rings. The van der Waals surface area contributed by atoms with Gasteiger partial charge in [-0.25, -0.2) is 4.98 Å². The maximum absolute atomic E-state index is 10.7. The summed E-state index contributed by atoms with van der Waals surface area (Å²) in [5, 5.41) is 10.7. The van der Waals surface area contributed by atoms with Gasteiger partial charge in [0, 0.05) is 12.4 Å². The van der Waals surface area contributed by atoms with Crippen molar-refractivity contribution in [3.8, 4) is 5.88 Å². The quantitative estimate of drug-likeness (QED) is 0.897. The molecular formula is C14H16N2O2. The average molecular weight is 244 g/mol. The van der Waals surface area contributed by atoms with E-state index in [1.54, 1.807) is 13.1 Å². The molecule has 4 nitrogen and oxygen atoms in total. The predicted octanol–water partition coefficient (Wildman–Crippen LogP) is 2.05. The van der Waals surface area contributed by atoms with E-state index in [1.807, 2.05) is 31.2 Å². The first-order valence-corrected chi connectivity index (χ1v) is 5.70. The van der Waals surface area contributed by atoms with Crippen molar-refractivity contribution >= 4 is 0 Å². The second-order valence-corrected chi connectivity index (χ2v) is 4.35. The van der Waals surface area contributed by atoms with Crippen LogP contribution in [0, 0.1) is 6.92 Å². The monoisotopic (exact) mass is 244 g/mol. The summed E-state index contributed by atoms with van der Waals surface area (Å²) in [5.74, 6) is 0.336. The lowest BCUT2D eigenvalue weighted by Crippen LogP contribution is -2.25. The summed E-state index contributed by atoms with van der Waals surface area (Å²) in [7, 11) is 1.51. The topological polar surface area (TPSA) is 55.2 Å². The van der Waals surface area contributed by atoms with Crippen molar-refractivity contribution in [1.82, 2.24) is 9.97 Å². The van der Waals surface area contributed by atoms with E-state index in [0.29, 0.717) is 11.6 Å². The zero-order chi connectivity index (χ0) is 13.2. The molecular weight excluding hydrogens is 228 g/mol. The normalized spacial score (nSPS) is 14.0. The molecule has 94 valence electrons. The largest absolute Gasteiger partial charge is 0.480 e. The Morgan fingerprint density at radius 3 is 2.33 bits per heavy atom. The Morgan fingerprint density at radius 1 is 1.11 bits per heavy atom. The minimum absolute atomic E-state index is 0.336. The molecule has 0 saturated carbocycles. The Hall–Kier alpha value is -1.94. The van der Waals surface area contributed by atoms with Crippen LogP contribution >= 0.6 is 0 Å². The number of hydrogen-bond acceptors (Lipinski definition) is 4. The molecule has 0 bridgehead atoms. The number of aryl methyl sites for hydroxylation is 1. The molecule has 1 atom stereocenters. The van der Waals surface area contributed by atoms with Crippen LogP contribution in [0.2, 0.25) is 0 Å². The zero-order valence-corrected chi connectivity index (χ0v) is 10.7. The van der Waals surface area contributed by atoms with E-state index in [9.17, 15) is 5.11 Å². The summed E-state index contributed by atoms with van der Waals surface area (Å²) < 4.78 is 5.14. The molecule has 0 aliphatic rings. The van der Waals surface area contributed by atoms with Crippen molar-refractivity contribution in [3.63, 3.8) is 0 Å². The van der Waals surface area contributed by atoms with E-state index in [4.69, 9.17) is 4.74 Å². The first-order valence-electron chi connectivity index (χ1n) is 5.70. The Morgan fingerprint density at radius 2 is 1.72 bits per heavy atom. The van der Waals surface area contributed by atoms with Crippen molar-refractivity contribution in [2.45, 2.75) is 19.4 Å². The molecule has 0 spiro atoms. The van der Waals surface area contributed by atoms with E-state index in [-0.39, 0.29) is 0 Å². The molecule has 4 heteroatoms. The fourth-order valence-electron chi connectivity index (χ4n) is 1.82. The molecule has 18 heavy (non-hydrogen) atoms. The molecule has 1 N–H and O–H groups in total. The van der Waals surface area contributed by atoms with E-state index in [0.717, 1.165) is 11.1 Å². The van der Waals surface area contributed by atoms with Gasteiger partial charge in [-0.05, 0) is 19.4 Å². The van der Waals surface area contributed by atoms with E-state index >= 15 is 0 Å². The smallest absolute Gasteiger partial charge is 0.238 e. The fourth-order valence-corrected chi connectivity index (χ4v) is 1.82. The lowest BCUT2D eigenvalue weighted by molar-refractivity contribution is 0.0929. The molecule has 1 aromatic heterocycles. The van der Waals surface area contributed by atoms with Crippen LogP contribution in [0.25, 0.3) is 0 Å². The summed E-state index contributed by atoms with van der Waals surface area (Å²) >= 11 is 0. The van der Waals surface area contributed by atoms with Crippen LogP contribution < -0.4 is 4.74 Å². The van der Waals surface area contributed by atoms with Crippen molar-refractivity contribution in [2.75, 3.05) is 7.11 Å². The summed E-state index contributed by atoms with van der Waals surface area (Å²) in [6, 6.07) is 7.66. The van der Waals surface area contributed by atoms with Crippen LogP contribution in [-0.4, -0.2) is 22.2 Å². The van der Waals surface area contributed by atoms with Crippen molar-refractivity contribution in [2.24, 2.45) is 0 Å². The van der Waals surface area contributed by atoms with Crippen LogP contribution in [-0.2, 0) is 5.60 Å². The first-order chi connectivity index (χ1) is 8.55. The Bertz CT molecular complexity index is 536. The van der Waals surface area contributed by atoms with E-state index in [2.05, 4.69) is 9.97 Å².